The number of nitrogen functional groups attached to an aromatic ring is 1. The fraction of sp³-hybridized carbons (Fsp3) is 0.615. The number of nitrogens with zero attached hydrogens (tertiary/aromatic N) is 2. The van der Waals surface area contributed by atoms with Crippen LogP contribution in [0.15, 0.2) is 12.3 Å². The Morgan fingerprint density at radius 2 is 2.32 bits per heavy atom. The molecular formula is C13H21N3O3. The van der Waals surface area contributed by atoms with Crippen molar-refractivity contribution in [2.75, 3.05) is 39.1 Å². The van der Waals surface area contributed by atoms with E-state index < -0.39 is 0 Å². The number of aromatic nitrogens is 1. The number of carbonyl (C=O) groups is 1. The molecule has 1 aromatic heterocycles. The van der Waals surface area contributed by atoms with E-state index in [9.17, 15) is 4.79 Å². The van der Waals surface area contributed by atoms with Crippen molar-refractivity contribution in [1.29, 1.82) is 0 Å². The molecule has 0 atom stereocenters. The van der Waals surface area contributed by atoms with Crippen molar-refractivity contribution in [2.24, 2.45) is 0 Å². The van der Waals surface area contributed by atoms with Crippen LogP contribution in [0.3, 0.4) is 0 Å². The minimum absolute atomic E-state index is 0.0604. The first-order chi connectivity index (χ1) is 9.17. The van der Waals surface area contributed by atoms with Crippen LogP contribution in [0.1, 0.15) is 29.4 Å². The third kappa shape index (κ3) is 3.27. The Kier molecular flexibility index (Phi) is 4.44. The number of rotatable bonds is 7. The van der Waals surface area contributed by atoms with Gasteiger partial charge in [-0.25, -0.2) is 0 Å². The van der Waals surface area contributed by atoms with Gasteiger partial charge in [0.25, 0.3) is 5.91 Å². The van der Waals surface area contributed by atoms with Gasteiger partial charge in [0, 0.05) is 32.4 Å². The Labute approximate surface area is 112 Å². The highest BCUT2D eigenvalue weighted by Gasteiger charge is 2.29. The van der Waals surface area contributed by atoms with Gasteiger partial charge in [0.05, 0.1) is 18.9 Å². The summed E-state index contributed by atoms with van der Waals surface area (Å²) in [5.41, 5.74) is 7.00. The molecule has 106 valence electrons. The topological polar surface area (TPSA) is 80.7 Å². The number of nitrogens with two attached hydrogens (primary N) is 1. The van der Waals surface area contributed by atoms with E-state index in [1.807, 2.05) is 10.8 Å². The molecule has 1 aliphatic rings. The molecule has 1 aromatic rings. The molecule has 0 unspecified atom stereocenters. The highest BCUT2D eigenvalue weighted by molar-refractivity contribution is 5.94. The van der Waals surface area contributed by atoms with Crippen LogP contribution in [0.4, 0.5) is 5.69 Å². The first kappa shape index (κ1) is 13.9. The van der Waals surface area contributed by atoms with Crippen LogP contribution >= 0.6 is 0 Å². The Balaban J connectivity index is 2.15. The van der Waals surface area contributed by atoms with Crippen LogP contribution in [0.2, 0.25) is 0 Å². The zero-order chi connectivity index (χ0) is 13.8. The molecule has 0 saturated heterocycles. The maximum atomic E-state index is 12.5. The van der Waals surface area contributed by atoms with Crippen molar-refractivity contribution in [3.8, 4) is 0 Å². The molecule has 0 bridgehead atoms. The molecule has 0 radical (unpaired) electrons. The Bertz CT molecular complexity index is 440. The summed E-state index contributed by atoms with van der Waals surface area (Å²) in [5.74, 6) is -0.102. The normalized spacial score (nSPS) is 14.6. The van der Waals surface area contributed by atoms with E-state index in [2.05, 4.69) is 0 Å². The number of hydrogen-bond donors (Lipinski definition) is 2. The number of anilines is 1. The average molecular weight is 267 g/mol. The van der Waals surface area contributed by atoms with Gasteiger partial charge in [-0.3, -0.25) is 4.79 Å². The van der Waals surface area contributed by atoms with Crippen molar-refractivity contribution >= 4 is 11.6 Å². The van der Waals surface area contributed by atoms with Crippen LogP contribution in [0.25, 0.3) is 0 Å². The van der Waals surface area contributed by atoms with Crippen LogP contribution in [-0.2, 0) is 4.74 Å². The van der Waals surface area contributed by atoms with Crippen LogP contribution in [0.5, 0.6) is 0 Å². The van der Waals surface area contributed by atoms with Crippen molar-refractivity contribution in [3.05, 3.63) is 18.0 Å². The number of aliphatic hydroxyl groups excluding tert-OH is 1. The summed E-state index contributed by atoms with van der Waals surface area (Å²) in [5, 5.41) is 9.06. The fourth-order valence-electron chi connectivity index (χ4n) is 2.13. The highest BCUT2D eigenvalue weighted by atomic mass is 16.5. The van der Waals surface area contributed by atoms with E-state index in [4.69, 9.17) is 15.6 Å². The zero-order valence-electron chi connectivity index (χ0n) is 11.2. The molecular weight excluding hydrogens is 246 g/mol. The molecule has 1 heterocycles. The van der Waals surface area contributed by atoms with Gasteiger partial charge in [-0.15, -0.1) is 0 Å². The lowest BCUT2D eigenvalue weighted by atomic mass is 10.3. The van der Waals surface area contributed by atoms with E-state index in [1.54, 1.807) is 18.1 Å². The molecule has 1 fully saturated rings. The van der Waals surface area contributed by atoms with Crippen LogP contribution < -0.4 is 5.73 Å². The SMILES string of the molecule is COCCN(CCO)C(=O)c1cc(N)cn1C1CC1. The molecule has 19 heavy (non-hydrogen) atoms. The van der Waals surface area contributed by atoms with Gasteiger partial charge in [-0.1, -0.05) is 0 Å². The lowest BCUT2D eigenvalue weighted by Crippen LogP contribution is -2.37. The largest absolute Gasteiger partial charge is 0.397 e. The Morgan fingerprint density at radius 1 is 1.58 bits per heavy atom. The molecule has 0 spiro atoms. The summed E-state index contributed by atoms with van der Waals surface area (Å²) in [7, 11) is 1.59. The second-order valence-corrected chi connectivity index (χ2v) is 4.81. The van der Waals surface area contributed by atoms with Crippen molar-refractivity contribution in [3.63, 3.8) is 0 Å². The lowest BCUT2D eigenvalue weighted by molar-refractivity contribution is 0.0646. The minimum atomic E-state index is -0.102. The maximum Gasteiger partial charge on any atom is 0.270 e. The molecule has 1 amide bonds. The number of aliphatic hydroxyl groups is 1. The molecule has 2 rings (SSSR count). The van der Waals surface area contributed by atoms with Gasteiger partial charge in [0.1, 0.15) is 5.69 Å². The number of amides is 1. The molecule has 1 saturated carbocycles. The first-order valence-corrected chi connectivity index (χ1v) is 6.53. The van der Waals surface area contributed by atoms with Gasteiger partial charge >= 0.3 is 0 Å². The molecule has 6 heteroatoms. The summed E-state index contributed by atoms with van der Waals surface area (Å²) in [6, 6.07) is 2.10. The lowest BCUT2D eigenvalue weighted by Gasteiger charge is -2.22. The Hall–Kier alpha value is -1.53. The maximum absolute atomic E-state index is 12.5. The minimum Gasteiger partial charge on any atom is -0.397 e. The second-order valence-electron chi connectivity index (χ2n) is 4.81. The van der Waals surface area contributed by atoms with Gasteiger partial charge in [-0.2, -0.15) is 0 Å². The average Bonchev–Trinajstić information content (AvgIpc) is 3.17. The number of ether oxygens (including phenoxy) is 1. The third-order valence-electron chi connectivity index (χ3n) is 3.25. The van der Waals surface area contributed by atoms with E-state index in [0.29, 0.717) is 37.1 Å². The fourth-order valence-corrected chi connectivity index (χ4v) is 2.13. The van der Waals surface area contributed by atoms with E-state index in [-0.39, 0.29) is 12.5 Å². The molecule has 0 aliphatic heterocycles. The summed E-state index contributed by atoms with van der Waals surface area (Å²) in [6.45, 7) is 1.16. The van der Waals surface area contributed by atoms with Gasteiger partial charge in [0.15, 0.2) is 0 Å². The van der Waals surface area contributed by atoms with Gasteiger partial charge in [0.2, 0.25) is 0 Å². The second kappa shape index (κ2) is 6.08. The van der Waals surface area contributed by atoms with E-state index in [1.165, 1.54) is 0 Å². The first-order valence-electron chi connectivity index (χ1n) is 6.53. The summed E-state index contributed by atoms with van der Waals surface area (Å²) in [6.07, 6.45) is 4.00. The van der Waals surface area contributed by atoms with Crippen LogP contribution in [0, 0.1) is 0 Å². The molecule has 1 aliphatic carbocycles. The predicted octanol–water partition coefficient (Wildman–Crippen LogP) is 0.486. The molecule has 0 aromatic carbocycles. The summed E-state index contributed by atoms with van der Waals surface area (Å²) >= 11 is 0. The standard InChI is InChI=1S/C13H21N3O3/c1-19-7-5-15(4-6-17)13(18)12-8-10(14)9-16(12)11-2-3-11/h8-9,11,17H,2-7,14H2,1H3. The van der Waals surface area contributed by atoms with Gasteiger partial charge in [-0.05, 0) is 18.9 Å². The molecule has 3 N–H and O–H groups in total. The summed E-state index contributed by atoms with van der Waals surface area (Å²) in [4.78, 5) is 14.1. The van der Waals surface area contributed by atoms with Crippen LogP contribution in [-0.4, -0.2) is 53.9 Å². The number of hydrogen-bond acceptors (Lipinski definition) is 4. The van der Waals surface area contributed by atoms with Crippen molar-refractivity contribution in [1.82, 2.24) is 9.47 Å². The van der Waals surface area contributed by atoms with Crippen molar-refractivity contribution in [2.45, 2.75) is 18.9 Å². The summed E-state index contributed by atoms with van der Waals surface area (Å²) < 4.78 is 6.95. The Morgan fingerprint density at radius 3 is 2.89 bits per heavy atom. The number of methoxy groups -OCH3 is 1. The number of carbonyl (C=O) groups excluding carboxylic acids is 1. The van der Waals surface area contributed by atoms with E-state index >= 15 is 0 Å². The molecule has 6 nitrogen and oxygen atoms in total. The third-order valence-corrected chi connectivity index (χ3v) is 3.25. The highest BCUT2D eigenvalue weighted by Crippen LogP contribution is 2.37. The van der Waals surface area contributed by atoms with E-state index in [0.717, 1.165) is 12.8 Å². The zero-order valence-corrected chi connectivity index (χ0v) is 11.2. The quantitative estimate of drug-likeness (QED) is 0.753. The smallest absolute Gasteiger partial charge is 0.270 e. The monoisotopic (exact) mass is 267 g/mol. The predicted molar refractivity (Wildman–Crippen MR) is 72.0 cm³/mol. The van der Waals surface area contributed by atoms with Crippen molar-refractivity contribution < 1.29 is 14.6 Å². The van der Waals surface area contributed by atoms with Gasteiger partial charge < -0.3 is 25.0 Å².